The van der Waals surface area contributed by atoms with Gasteiger partial charge in [0.2, 0.25) is 0 Å². The second-order valence-electron chi connectivity index (χ2n) is 8.89. The van der Waals surface area contributed by atoms with Crippen LogP contribution in [0.25, 0.3) is 11.1 Å². The summed E-state index contributed by atoms with van der Waals surface area (Å²) in [5, 5.41) is 15.6. The number of carboxylic acid groups (broad SMARTS) is 1. The van der Waals surface area contributed by atoms with E-state index in [2.05, 4.69) is 15.4 Å². The molecule has 2 atom stereocenters. The first-order valence-electron chi connectivity index (χ1n) is 11.2. The third kappa shape index (κ3) is 5.10. The van der Waals surface area contributed by atoms with Gasteiger partial charge >= 0.3 is 12.1 Å². The lowest BCUT2D eigenvalue weighted by atomic mass is 9.94. The van der Waals surface area contributed by atoms with Crippen LogP contribution in [0.15, 0.2) is 58.6 Å². The number of ether oxygens (including phenoxy) is 1. The van der Waals surface area contributed by atoms with Gasteiger partial charge in [0.05, 0.1) is 11.1 Å². The van der Waals surface area contributed by atoms with Crippen molar-refractivity contribution in [3.05, 3.63) is 54.1 Å². The van der Waals surface area contributed by atoms with Gasteiger partial charge in [-0.15, -0.1) is 0 Å². The second-order valence-corrected chi connectivity index (χ2v) is 8.89. The Balaban J connectivity index is 1.46. The van der Waals surface area contributed by atoms with Gasteiger partial charge in [-0.2, -0.15) is 5.11 Å². The van der Waals surface area contributed by atoms with E-state index in [0.29, 0.717) is 24.4 Å². The minimum absolute atomic E-state index is 0.148. The molecule has 0 saturated heterocycles. The van der Waals surface area contributed by atoms with Crippen molar-refractivity contribution in [1.29, 1.82) is 5.53 Å². The van der Waals surface area contributed by atoms with Crippen molar-refractivity contribution in [2.75, 3.05) is 0 Å². The molecule has 8 heteroatoms. The average Bonchev–Trinajstić information content (AvgIpc) is 3.72. The van der Waals surface area contributed by atoms with Crippen LogP contribution in [0, 0.1) is 11.4 Å². The molecule has 1 amide bonds. The molecular formula is C25H28N4O4. The van der Waals surface area contributed by atoms with Gasteiger partial charge in [-0.1, -0.05) is 36.4 Å². The maximum Gasteiger partial charge on any atom is 0.412 e. The van der Waals surface area contributed by atoms with Gasteiger partial charge in [0.15, 0.2) is 0 Å². The molecule has 4 rings (SSSR count). The number of nitrogens with zero attached hydrogens (tertiary/aromatic N) is 2. The highest BCUT2D eigenvalue weighted by Gasteiger charge is 2.51. The Hall–Kier alpha value is -3.55. The molecule has 2 fully saturated rings. The van der Waals surface area contributed by atoms with Crippen LogP contribution in [0.1, 0.15) is 45.1 Å². The third-order valence-corrected chi connectivity index (χ3v) is 6.45. The van der Waals surface area contributed by atoms with Crippen molar-refractivity contribution in [2.24, 2.45) is 16.0 Å². The Kier molecular flexibility index (Phi) is 6.26. The first-order chi connectivity index (χ1) is 15.8. The maximum atomic E-state index is 12.2. The van der Waals surface area contributed by atoms with Gasteiger partial charge in [0, 0.05) is 0 Å². The zero-order valence-electron chi connectivity index (χ0n) is 18.7. The number of nitrogens with one attached hydrogen (secondary N) is 2. The number of aliphatic imine (C=N–C) groups is 1. The van der Waals surface area contributed by atoms with Gasteiger partial charge in [-0.05, 0) is 74.3 Å². The number of alkyl carbamates (subject to hydrolysis) is 1. The zero-order chi connectivity index (χ0) is 23.6. The van der Waals surface area contributed by atoms with E-state index < -0.39 is 23.5 Å². The van der Waals surface area contributed by atoms with Gasteiger partial charge in [-0.3, -0.25) is 10.1 Å². The number of carbonyl (C=O) groups is 2. The molecule has 0 spiro atoms. The smallest absolute Gasteiger partial charge is 0.412 e. The summed E-state index contributed by atoms with van der Waals surface area (Å²) in [6.07, 6.45) is 2.77. The Morgan fingerprint density at radius 2 is 1.64 bits per heavy atom. The van der Waals surface area contributed by atoms with Crippen molar-refractivity contribution in [3.8, 4) is 11.1 Å². The van der Waals surface area contributed by atoms with E-state index in [1.807, 2.05) is 55.5 Å². The summed E-state index contributed by atoms with van der Waals surface area (Å²) in [7, 11) is 0. The summed E-state index contributed by atoms with van der Waals surface area (Å²) in [6.45, 7) is 3.56. The highest BCUT2D eigenvalue weighted by molar-refractivity contribution is 5.99. The fourth-order valence-electron chi connectivity index (χ4n) is 3.85. The number of amidine groups is 1. The second kappa shape index (κ2) is 9.13. The molecule has 2 aromatic carbocycles. The molecule has 33 heavy (non-hydrogen) atoms. The zero-order valence-corrected chi connectivity index (χ0v) is 18.7. The number of hydrogen-bond acceptors (Lipinski definition) is 6. The van der Waals surface area contributed by atoms with Crippen molar-refractivity contribution in [3.63, 3.8) is 0 Å². The van der Waals surface area contributed by atoms with Crippen molar-refractivity contribution in [1.82, 2.24) is 5.32 Å². The lowest BCUT2D eigenvalue weighted by Crippen LogP contribution is -2.38. The van der Waals surface area contributed by atoms with Crippen LogP contribution in [0.5, 0.6) is 0 Å². The highest BCUT2D eigenvalue weighted by Crippen LogP contribution is 2.48. The number of rotatable bonds is 8. The van der Waals surface area contributed by atoms with Crippen LogP contribution in [0.2, 0.25) is 0 Å². The molecule has 172 valence electrons. The van der Waals surface area contributed by atoms with Crippen LogP contribution in [-0.2, 0) is 14.9 Å². The average molecular weight is 449 g/mol. The predicted molar refractivity (Wildman–Crippen MR) is 124 cm³/mol. The first kappa shape index (κ1) is 22.6. The molecule has 0 heterocycles. The monoisotopic (exact) mass is 448 g/mol. The van der Waals surface area contributed by atoms with Crippen LogP contribution < -0.4 is 5.32 Å². The van der Waals surface area contributed by atoms with E-state index in [1.54, 1.807) is 6.92 Å². The van der Waals surface area contributed by atoms with Crippen LogP contribution >= 0.6 is 0 Å². The van der Waals surface area contributed by atoms with E-state index in [9.17, 15) is 14.7 Å². The molecule has 3 N–H and O–H groups in total. The van der Waals surface area contributed by atoms with Crippen LogP contribution in [0.3, 0.4) is 0 Å². The number of carbonyl (C=O) groups excluding carboxylic acids is 1. The molecule has 0 aliphatic heterocycles. The molecule has 0 bridgehead atoms. The number of benzene rings is 2. The van der Waals surface area contributed by atoms with Crippen molar-refractivity contribution < 1.29 is 19.4 Å². The molecule has 0 radical (unpaired) electrons. The molecule has 2 saturated carbocycles. The number of amides is 1. The van der Waals surface area contributed by atoms with Gasteiger partial charge in [0.25, 0.3) is 0 Å². The van der Waals surface area contributed by atoms with Gasteiger partial charge in [-0.25, -0.2) is 15.3 Å². The first-order valence-corrected chi connectivity index (χ1v) is 11.2. The van der Waals surface area contributed by atoms with E-state index in [1.165, 1.54) is 0 Å². The predicted octanol–water partition coefficient (Wildman–Crippen LogP) is 5.44. The number of aliphatic carboxylic acids is 1. The maximum absolute atomic E-state index is 12.2. The lowest BCUT2D eigenvalue weighted by molar-refractivity contribution is -0.140. The Morgan fingerprint density at radius 1 is 1.06 bits per heavy atom. The summed E-state index contributed by atoms with van der Waals surface area (Å²) in [5.74, 6) is -0.0881. The largest absolute Gasteiger partial charge is 0.481 e. The Labute approximate surface area is 192 Å². The normalized spacial score (nSPS) is 18.7. The van der Waals surface area contributed by atoms with E-state index in [-0.39, 0.29) is 11.9 Å². The summed E-state index contributed by atoms with van der Waals surface area (Å²) >= 11 is 0. The molecule has 2 aliphatic rings. The van der Waals surface area contributed by atoms with Crippen LogP contribution in [-0.4, -0.2) is 35.2 Å². The quantitative estimate of drug-likeness (QED) is 0.282. The lowest BCUT2D eigenvalue weighted by Gasteiger charge is -2.15. The fourth-order valence-corrected chi connectivity index (χ4v) is 3.85. The Bertz CT molecular complexity index is 1070. The molecule has 8 nitrogen and oxygen atoms in total. The molecule has 2 unspecified atom stereocenters. The minimum Gasteiger partial charge on any atom is -0.481 e. The van der Waals surface area contributed by atoms with Crippen molar-refractivity contribution in [2.45, 2.75) is 57.1 Å². The summed E-state index contributed by atoms with van der Waals surface area (Å²) < 4.78 is 5.40. The molecular weight excluding hydrogens is 420 g/mol. The van der Waals surface area contributed by atoms with Gasteiger partial charge in [0.1, 0.15) is 18.0 Å². The summed E-state index contributed by atoms with van der Waals surface area (Å²) in [6, 6.07) is 14.5. The highest BCUT2D eigenvalue weighted by atomic mass is 16.6. The molecule has 0 aromatic heterocycles. The molecule has 2 aromatic rings. The molecule has 2 aliphatic carbocycles. The SMILES string of the molecule is CC(N=N)C(=Nc1ccc(-c2ccc(C3(C(=O)O)CC3)cc2)cc1)NC(=O)OC(C)C1CC1. The fraction of sp³-hybridized carbons (Fsp3) is 0.400. The van der Waals surface area contributed by atoms with Crippen LogP contribution in [0.4, 0.5) is 10.5 Å². The topological polar surface area (TPSA) is 124 Å². The van der Waals surface area contributed by atoms with E-state index in [4.69, 9.17) is 10.3 Å². The minimum atomic E-state index is -0.763. The van der Waals surface area contributed by atoms with Gasteiger partial charge < -0.3 is 9.84 Å². The Morgan fingerprint density at radius 3 is 2.12 bits per heavy atom. The summed E-state index contributed by atoms with van der Waals surface area (Å²) in [5.41, 5.74) is 10.00. The number of hydrogen-bond donors (Lipinski definition) is 3. The third-order valence-electron chi connectivity index (χ3n) is 6.45. The van der Waals surface area contributed by atoms with Crippen molar-refractivity contribution >= 4 is 23.6 Å². The standard InChI is InChI=1S/C25H28N4O4/c1-15(29-26)22(28-24(32)33-16(2)17-3-4-17)27-21-11-7-19(8-12-21)18-5-9-20(10-6-18)25(13-14-25)23(30)31/h5-12,15-17,26H,3-4,13-14H2,1-2H3,(H,30,31)(H,27,28,32). The number of carboxylic acids is 1. The van der Waals surface area contributed by atoms with E-state index >= 15 is 0 Å². The van der Waals surface area contributed by atoms with E-state index in [0.717, 1.165) is 29.5 Å². The summed E-state index contributed by atoms with van der Waals surface area (Å²) in [4.78, 5) is 28.2.